The minimum absolute atomic E-state index is 0.0348. The number of hydrogen-bond donors (Lipinski definition) is 0. The van der Waals surface area contributed by atoms with Gasteiger partial charge in [-0.15, -0.1) is 0 Å². The summed E-state index contributed by atoms with van der Waals surface area (Å²) in [4.78, 5) is 0.271. The Hall–Kier alpha value is -2.47. The van der Waals surface area contributed by atoms with Crippen LogP contribution in [0.5, 0.6) is 0 Å². The lowest BCUT2D eigenvalue weighted by molar-refractivity contribution is 0.0681. The van der Waals surface area contributed by atoms with Crippen LogP contribution in [0.2, 0.25) is 0 Å². The Labute approximate surface area is 179 Å². The number of hydrogen-bond acceptors (Lipinski definition) is 3. The third-order valence-corrected chi connectivity index (χ3v) is 7.38. The molecule has 1 saturated heterocycles. The van der Waals surface area contributed by atoms with Gasteiger partial charge >= 0.3 is 0 Å². The van der Waals surface area contributed by atoms with E-state index in [0.717, 1.165) is 11.1 Å². The molecule has 1 aliphatic rings. The van der Waals surface area contributed by atoms with Crippen LogP contribution in [0.4, 0.5) is 0 Å². The van der Waals surface area contributed by atoms with Crippen molar-refractivity contribution < 1.29 is 13.2 Å². The molecule has 0 aliphatic carbocycles. The Morgan fingerprint density at radius 2 is 1.37 bits per heavy atom. The molecular formula is C25H27NO3S. The number of rotatable bonds is 4. The fourth-order valence-corrected chi connectivity index (χ4v) is 5.51. The molecule has 0 bridgehead atoms. The monoisotopic (exact) mass is 421 g/mol. The highest BCUT2D eigenvalue weighted by atomic mass is 32.2. The van der Waals surface area contributed by atoms with E-state index in [1.807, 2.05) is 48.5 Å². The highest BCUT2D eigenvalue weighted by Crippen LogP contribution is 2.43. The zero-order chi connectivity index (χ0) is 21.4. The van der Waals surface area contributed by atoms with Crippen molar-refractivity contribution in [3.63, 3.8) is 0 Å². The lowest BCUT2D eigenvalue weighted by Gasteiger charge is -2.28. The number of benzene rings is 3. The zero-order valence-electron chi connectivity index (χ0n) is 17.5. The molecule has 3 aromatic carbocycles. The first-order chi connectivity index (χ1) is 14.3. The molecule has 3 aromatic rings. The van der Waals surface area contributed by atoms with Crippen molar-refractivity contribution in [3.8, 4) is 0 Å². The van der Waals surface area contributed by atoms with Crippen molar-refractivity contribution in [1.29, 1.82) is 0 Å². The van der Waals surface area contributed by atoms with Gasteiger partial charge < -0.3 is 4.74 Å². The van der Waals surface area contributed by atoms with E-state index in [1.165, 1.54) is 9.87 Å². The second kappa shape index (κ2) is 7.99. The van der Waals surface area contributed by atoms with Crippen molar-refractivity contribution in [2.24, 2.45) is 0 Å². The van der Waals surface area contributed by atoms with Crippen LogP contribution >= 0.6 is 0 Å². The number of ether oxygens (including phenoxy) is 1. The molecule has 1 aliphatic heterocycles. The fourth-order valence-electron chi connectivity index (χ4n) is 3.81. The molecule has 0 unspecified atom stereocenters. The Bertz CT molecular complexity index is 1090. The van der Waals surface area contributed by atoms with E-state index in [4.69, 9.17) is 4.74 Å². The molecule has 0 N–H and O–H groups in total. The van der Waals surface area contributed by atoms with E-state index in [0.29, 0.717) is 6.61 Å². The van der Waals surface area contributed by atoms with E-state index in [-0.39, 0.29) is 10.3 Å². The second-order valence-corrected chi connectivity index (χ2v) is 10.5. The Morgan fingerprint density at radius 1 is 0.800 bits per heavy atom. The van der Waals surface area contributed by atoms with Gasteiger partial charge in [-0.25, -0.2) is 8.42 Å². The summed E-state index contributed by atoms with van der Waals surface area (Å²) in [7, 11) is -3.76. The standard InChI is InChI=1S/C25H27NO3S/c1-25(2,3)21-16-14-19(15-17-21)23-18-29-24(20-10-6-4-7-11-20)26(23)30(27,28)22-12-8-5-9-13-22/h4-17,23-24H,18H2,1-3H3/t23-,24-/m1/s1. The first kappa shape index (κ1) is 20.8. The van der Waals surface area contributed by atoms with Crippen LogP contribution in [-0.4, -0.2) is 19.3 Å². The normalized spacial score (nSPS) is 20.4. The number of nitrogens with zero attached hydrogens (tertiary/aromatic N) is 1. The third-order valence-electron chi connectivity index (χ3n) is 5.52. The zero-order valence-corrected chi connectivity index (χ0v) is 18.3. The molecule has 4 rings (SSSR count). The molecule has 1 heterocycles. The minimum atomic E-state index is -3.76. The highest BCUT2D eigenvalue weighted by molar-refractivity contribution is 7.89. The van der Waals surface area contributed by atoms with Gasteiger partial charge in [-0.1, -0.05) is 93.6 Å². The van der Waals surface area contributed by atoms with Crippen molar-refractivity contribution in [1.82, 2.24) is 4.31 Å². The number of sulfonamides is 1. The van der Waals surface area contributed by atoms with Crippen LogP contribution in [-0.2, 0) is 20.2 Å². The minimum Gasteiger partial charge on any atom is -0.356 e. The van der Waals surface area contributed by atoms with Gasteiger partial charge in [-0.05, 0) is 34.2 Å². The van der Waals surface area contributed by atoms with Crippen molar-refractivity contribution >= 4 is 10.0 Å². The van der Waals surface area contributed by atoms with Crippen LogP contribution < -0.4 is 0 Å². The second-order valence-electron chi connectivity index (χ2n) is 8.63. The molecule has 0 amide bonds. The van der Waals surface area contributed by atoms with Crippen molar-refractivity contribution in [2.45, 2.75) is 43.4 Å². The largest absolute Gasteiger partial charge is 0.356 e. The van der Waals surface area contributed by atoms with Gasteiger partial charge in [0.15, 0.2) is 6.23 Å². The Kier molecular flexibility index (Phi) is 5.53. The summed E-state index contributed by atoms with van der Waals surface area (Å²) in [6, 6.07) is 25.9. The van der Waals surface area contributed by atoms with Crippen LogP contribution in [0, 0.1) is 0 Å². The smallest absolute Gasteiger partial charge is 0.246 e. The van der Waals surface area contributed by atoms with Gasteiger partial charge in [0.05, 0.1) is 17.5 Å². The van der Waals surface area contributed by atoms with Gasteiger partial charge in [-0.2, -0.15) is 4.31 Å². The first-order valence-electron chi connectivity index (χ1n) is 10.1. The maximum Gasteiger partial charge on any atom is 0.246 e. The summed E-state index contributed by atoms with van der Waals surface area (Å²) < 4.78 is 34.9. The fraction of sp³-hybridized carbons (Fsp3) is 0.280. The van der Waals surface area contributed by atoms with Crippen LogP contribution in [0.3, 0.4) is 0 Å². The lowest BCUT2D eigenvalue weighted by atomic mass is 9.86. The Morgan fingerprint density at radius 3 is 1.93 bits per heavy atom. The first-order valence-corrected chi connectivity index (χ1v) is 11.6. The summed E-state index contributed by atoms with van der Waals surface area (Å²) >= 11 is 0. The van der Waals surface area contributed by atoms with E-state index in [2.05, 4.69) is 32.9 Å². The molecule has 30 heavy (non-hydrogen) atoms. The summed E-state index contributed by atoms with van der Waals surface area (Å²) in [5.74, 6) is 0. The van der Waals surface area contributed by atoms with Gasteiger partial charge in [0.25, 0.3) is 0 Å². The van der Waals surface area contributed by atoms with Gasteiger partial charge in [-0.3, -0.25) is 0 Å². The molecule has 0 radical (unpaired) electrons. The van der Waals surface area contributed by atoms with E-state index in [1.54, 1.807) is 24.3 Å². The molecule has 4 nitrogen and oxygen atoms in total. The molecule has 156 valence electrons. The van der Waals surface area contributed by atoms with Crippen LogP contribution in [0.25, 0.3) is 0 Å². The predicted molar refractivity (Wildman–Crippen MR) is 118 cm³/mol. The topological polar surface area (TPSA) is 46.6 Å². The molecule has 0 spiro atoms. The average Bonchev–Trinajstić information content (AvgIpc) is 3.21. The average molecular weight is 422 g/mol. The lowest BCUT2D eigenvalue weighted by Crippen LogP contribution is -2.33. The van der Waals surface area contributed by atoms with Gasteiger partial charge in [0, 0.05) is 0 Å². The maximum atomic E-state index is 13.7. The molecule has 0 saturated carbocycles. The van der Waals surface area contributed by atoms with E-state index >= 15 is 0 Å². The molecule has 1 fully saturated rings. The van der Waals surface area contributed by atoms with Crippen molar-refractivity contribution in [3.05, 3.63) is 102 Å². The van der Waals surface area contributed by atoms with Gasteiger partial charge in [0.2, 0.25) is 10.0 Å². The summed E-state index contributed by atoms with van der Waals surface area (Å²) in [6.07, 6.45) is -0.663. The summed E-state index contributed by atoms with van der Waals surface area (Å²) in [6.45, 7) is 6.80. The molecule has 5 heteroatoms. The highest BCUT2D eigenvalue weighted by Gasteiger charge is 2.44. The van der Waals surface area contributed by atoms with Crippen molar-refractivity contribution in [2.75, 3.05) is 6.61 Å². The molecule has 0 aromatic heterocycles. The predicted octanol–water partition coefficient (Wildman–Crippen LogP) is 5.45. The maximum absolute atomic E-state index is 13.7. The van der Waals surface area contributed by atoms with Crippen LogP contribution in [0.1, 0.15) is 49.7 Å². The Balaban J connectivity index is 1.78. The SMILES string of the molecule is CC(C)(C)c1ccc([C@H]2CO[C@H](c3ccccc3)N2S(=O)(=O)c2ccccc2)cc1. The van der Waals surface area contributed by atoms with E-state index in [9.17, 15) is 8.42 Å². The quantitative estimate of drug-likeness (QED) is 0.563. The third kappa shape index (κ3) is 3.93. The van der Waals surface area contributed by atoms with E-state index < -0.39 is 22.3 Å². The molecule has 2 atom stereocenters. The van der Waals surface area contributed by atoms with Crippen LogP contribution in [0.15, 0.2) is 89.8 Å². The summed E-state index contributed by atoms with van der Waals surface area (Å²) in [5.41, 5.74) is 3.00. The molecular weight excluding hydrogens is 394 g/mol. The van der Waals surface area contributed by atoms with Gasteiger partial charge in [0.1, 0.15) is 0 Å². The summed E-state index contributed by atoms with van der Waals surface area (Å²) in [5, 5.41) is 0.